The van der Waals surface area contributed by atoms with Crippen molar-refractivity contribution in [2.24, 2.45) is 0 Å². The Morgan fingerprint density at radius 2 is 1.67 bits per heavy atom. The SMILES string of the molecule is O=C(CN1CCN(c2ccc(C(=O)N3CC=CCC3)cn2)CC1)N1CCN(C2CCC2)CC1. The van der Waals surface area contributed by atoms with Crippen LogP contribution in [0.25, 0.3) is 0 Å². The highest BCUT2D eigenvalue weighted by Crippen LogP contribution is 2.25. The molecule has 0 unspecified atom stereocenters. The van der Waals surface area contributed by atoms with Gasteiger partial charge in [0.25, 0.3) is 5.91 Å². The van der Waals surface area contributed by atoms with Crippen molar-refractivity contribution in [1.29, 1.82) is 0 Å². The highest BCUT2D eigenvalue weighted by atomic mass is 16.2. The first kappa shape index (κ1) is 22.3. The number of aromatic nitrogens is 1. The van der Waals surface area contributed by atoms with E-state index < -0.39 is 0 Å². The zero-order valence-corrected chi connectivity index (χ0v) is 19.6. The van der Waals surface area contributed by atoms with Gasteiger partial charge in [-0.05, 0) is 31.4 Å². The summed E-state index contributed by atoms with van der Waals surface area (Å²) < 4.78 is 0. The first-order chi connectivity index (χ1) is 16.2. The molecule has 0 radical (unpaired) electrons. The van der Waals surface area contributed by atoms with E-state index in [0.29, 0.717) is 18.7 Å². The van der Waals surface area contributed by atoms with Crippen LogP contribution in [-0.2, 0) is 4.79 Å². The molecular weight excluding hydrogens is 416 g/mol. The van der Waals surface area contributed by atoms with Gasteiger partial charge in [-0.3, -0.25) is 19.4 Å². The van der Waals surface area contributed by atoms with Crippen LogP contribution in [0.1, 0.15) is 36.0 Å². The molecule has 0 bridgehead atoms. The number of pyridine rings is 1. The predicted molar refractivity (Wildman–Crippen MR) is 128 cm³/mol. The maximum atomic E-state index is 12.8. The largest absolute Gasteiger partial charge is 0.354 e. The first-order valence-electron chi connectivity index (χ1n) is 12.6. The Morgan fingerprint density at radius 3 is 2.27 bits per heavy atom. The van der Waals surface area contributed by atoms with Crippen LogP contribution in [0.4, 0.5) is 5.82 Å². The van der Waals surface area contributed by atoms with E-state index in [1.54, 1.807) is 6.20 Å². The summed E-state index contributed by atoms with van der Waals surface area (Å²) in [5.74, 6) is 1.23. The number of hydrogen-bond acceptors (Lipinski definition) is 6. The normalized spacial score (nSPS) is 23.0. The molecule has 0 atom stereocenters. The van der Waals surface area contributed by atoms with Gasteiger partial charge in [0.05, 0.1) is 12.1 Å². The number of amides is 2. The molecule has 4 aliphatic rings. The number of hydrogen-bond donors (Lipinski definition) is 0. The number of carbonyl (C=O) groups is 2. The third-order valence-electron chi connectivity index (χ3n) is 7.65. The van der Waals surface area contributed by atoms with Gasteiger partial charge in [0.2, 0.25) is 5.91 Å². The molecule has 3 aliphatic heterocycles. The Morgan fingerprint density at radius 1 is 0.879 bits per heavy atom. The molecular formula is C25H36N6O2. The quantitative estimate of drug-likeness (QED) is 0.628. The second kappa shape index (κ2) is 10.2. The van der Waals surface area contributed by atoms with Gasteiger partial charge in [-0.1, -0.05) is 18.6 Å². The zero-order chi connectivity index (χ0) is 22.6. The molecule has 178 valence electrons. The molecule has 2 saturated heterocycles. The molecule has 0 spiro atoms. The van der Waals surface area contributed by atoms with Gasteiger partial charge < -0.3 is 14.7 Å². The standard InChI is InChI=1S/C25H36N6O2/c32-24(30-17-15-28(16-18-30)22-5-4-6-22)20-27-11-13-29(14-12-27)23-8-7-21(19-26-23)25(33)31-9-2-1-3-10-31/h1-2,7-8,19,22H,3-6,9-18,20H2. The van der Waals surface area contributed by atoms with Crippen molar-refractivity contribution >= 4 is 17.6 Å². The van der Waals surface area contributed by atoms with Crippen LogP contribution < -0.4 is 4.90 Å². The van der Waals surface area contributed by atoms with Gasteiger partial charge in [0.15, 0.2) is 0 Å². The van der Waals surface area contributed by atoms with Crippen LogP contribution in [0.3, 0.4) is 0 Å². The first-order valence-corrected chi connectivity index (χ1v) is 12.6. The van der Waals surface area contributed by atoms with Gasteiger partial charge >= 0.3 is 0 Å². The van der Waals surface area contributed by atoms with Gasteiger partial charge in [-0.25, -0.2) is 4.98 Å². The molecule has 1 aromatic heterocycles. The number of nitrogens with zero attached hydrogens (tertiary/aromatic N) is 6. The summed E-state index contributed by atoms with van der Waals surface area (Å²) in [7, 11) is 0. The topological polar surface area (TPSA) is 63.2 Å². The molecule has 3 fully saturated rings. The molecule has 0 N–H and O–H groups in total. The van der Waals surface area contributed by atoms with Crippen molar-refractivity contribution in [1.82, 2.24) is 24.6 Å². The monoisotopic (exact) mass is 452 g/mol. The van der Waals surface area contributed by atoms with Crippen molar-refractivity contribution in [2.75, 3.05) is 76.9 Å². The van der Waals surface area contributed by atoms with Crippen LogP contribution in [0, 0.1) is 0 Å². The maximum Gasteiger partial charge on any atom is 0.255 e. The van der Waals surface area contributed by atoms with E-state index in [1.165, 1.54) is 19.3 Å². The Hall–Kier alpha value is -2.45. The summed E-state index contributed by atoms with van der Waals surface area (Å²) in [4.78, 5) is 41.0. The number of piperazine rings is 2. The van der Waals surface area contributed by atoms with Crippen LogP contribution in [0.15, 0.2) is 30.5 Å². The average Bonchev–Trinajstić information content (AvgIpc) is 2.84. The lowest BCUT2D eigenvalue weighted by molar-refractivity contribution is -0.134. The molecule has 2 amide bonds. The fourth-order valence-corrected chi connectivity index (χ4v) is 5.22. The summed E-state index contributed by atoms with van der Waals surface area (Å²) in [6.07, 6.45) is 10.8. The average molecular weight is 453 g/mol. The lowest BCUT2D eigenvalue weighted by Gasteiger charge is -2.43. The molecule has 1 saturated carbocycles. The molecule has 33 heavy (non-hydrogen) atoms. The molecule has 4 heterocycles. The predicted octanol–water partition coefficient (Wildman–Crippen LogP) is 1.30. The van der Waals surface area contributed by atoms with E-state index in [0.717, 1.165) is 77.2 Å². The second-order valence-electron chi connectivity index (χ2n) is 9.68. The summed E-state index contributed by atoms with van der Waals surface area (Å²) >= 11 is 0. The highest BCUT2D eigenvalue weighted by Gasteiger charge is 2.30. The summed E-state index contributed by atoms with van der Waals surface area (Å²) in [5.41, 5.74) is 0.649. The van der Waals surface area contributed by atoms with Crippen molar-refractivity contribution in [3.05, 3.63) is 36.0 Å². The van der Waals surface area contributed by atoms with Crippen molar-refractivity contribution in [3.8, 4) is 0 Å². The van der Waals surface area contributed by atoms with Gasteiger partial charge in [0, 0.05) is 77.7 Å². The third kappa shape index (κ3) is 5.22. The Bertz CT molecular complexity index is 852. The fraction of sp³-hybridized carbons (Fsp3) is 0.640. The Labute approximate surface area is 196 Å². The number of carbonyl (C=O) groups excluding carboxylic acids is 2. The van der Waals surface area contributed by atoms with Gasteiger partial charge in [0.1, 0.15) is 5.82 Å². The summed E-state index contributed by atoms with van der Waals surface area (Å²) in [6.45, 7) is 9.18. The highest BCUT2D eigenvalue weighted by molar-refractivity contribution is 5.94. The van der Waals surface area contributed by atoms with Crippen LogP contribution in [-0.4, -0.2) is 114 Å². The fourth-order valence-electron chi connectivity index (χ4n) is 5.22. The lowest BCUT2D eigenvalue weighted by atomic mass is 9.91. The van der Waals surface area contributed by atoms with E-state index >= 15 is 0 Å². The number of rotatable bonds is 5. The van der Waals surface area contributed by atoms with E-state index in [9.17, 15) is 9.59 Å². The molecule has 8 heteroatoms. The molecule has 0 aromatic carbocycles. The Kier molecular flexibility index (Phi) is 6.92. The van der Waals surface area contributed by atoms with E-state index in [-0.39, 0.29) is 11.8 Å². The van der Waals surface area contributed by atoms with E-state index in [2.05, 4.69) is 30.7 Å². The number of anilines is 1. The Balaban J connectivity index is 1.06. The van der Waals surface area contributed by atoms with Crippen LogP contribution in [0.5, 0.6) is 0 Å². The smallest absolute Gasteiger partial charge is 0.255 e. The van der Waals surface area contributed by atoms with Gasteiger partial charge in [-0.15, -0.1) is 0 Å². The lowest BCUT2D eigenvalue weighted by Crippen LogP contribution is -2.56. The van der Waals surface area contributed by atoms with E-state index in [1.807, 2.05) is 23.1 Å². The molecule has 8 nitrogen and oxygen atoms in total. The van der Waals surface area contributed by atoms with Crippen molar-refractivity contribution in [3.63, 3.8) is 0 Å². The van der Waals surface area contributed by atoms with Crippen molar-refractivity contribution in [2.45, 2.75) is 31.7 Å². The summed E-state index contributed by atoms with van der Waals surface area (Å²) in [5, 5.41) is 0. The summed E-state index contributed by atoms with van der Waals surface area (Å²) in [6, 6.07) is 4.62. The minimum absolute atomic E-state index is 0.0512. The molecule has 5 rings (SSSR count). The van der Waals surface area contributed by atoms with Crippen molar-refractivity contribution < 1.29 is 9.59 Å². The minimum atomic E-state index is 0.0512. The third-order valence-corrected chi connectivity index (χ3v) is 7.65. The van der Waals surface area contributed by atoms with Crippen LogP contribution >= 0.6 is 0 Å². The van der Waals surface area contributed by atoms with E-state index in [4.69, 9.17) is 0 Å². The minimum Gasteiger partial charge on any atom is -0.354 e. The maximum absolute atomic E-state index is 12.8. The zero-order valence-electron chi connectivity index (χ0n) is 19.6. The second-order valence-corrected chi connectivity index (χ2v) is 9.68. The molecule has 1 aromatic rings. The molecule has 1 aliphatic carbocycles. The van der Waals surface area contributed by atoms with Crippen LogP contribution in [0.2, 0.25) is 0 Å². The van der Waals surface area contributed by atoms with Gasteiger partial charge in [-0.2, -0.15) is 0 Å².